The van der Waals surface area contributed by atoms with Gasteiger partial charge >= 0.3 is 5.97 Å². The highest BCUT2D eigenvalue weighted by atomic mass is 32.2. The lowest BCUT2D eigenvalue weighted by molar-refractivity contribution is -0.149. The Bertz CT molecular complexity index is 915. The standard InChI is InChI=1S/C28H40O6S/c1-2-3-4-5-6-7-8-9-16-21-28(29)33-23-26(32-22-25-17-12-10-13-18-25)24-34-35(30,31)27-19-14-11-15-20-27/h10-15,17-20,26H,2-9,16,21-24H2,1H3/t26-/m1/s1. The first-order valence-corrected chi connectivity index (χ1v) is 14.2. The highest BCUT2D eigenvalue weighted by Gasteiger charge is 2.20. The Labute approximate surface area is 211 Å². The van der Waals surface area contributed by atoms with Crippen molar-refractivity contribution in [3.05, 3.63) is 66.2 Å². The molecule has 2 aromatic carbocycles. The number of carbonyl (C=O) groups is 1. The Morgan fingerprint density at radius 2 is 1.34 bits per heavy atom. The molecule has 6 nitrogen and oxygen atoms in total. The molecule has 2 aromatic rings. The Hall–Kier alpha value is -2.22. The van der Waals surface area contributed by atoms with Crippen LogP contribution in [0.5, 0.6) is 0 Å². The van der Waals surface area contributed by atoms with Crippen LogP contribution in [0.25, 0.3) is 0 Å². The van der Waals surface area contributed by atoms with Gasteiger partial charge in [0.1, 0.15) is 12.7 Å². The second kappa shape index (κ2) is 17.2. The number of ether oxygens (including phenoxy) is 2. The number of hydrogen-bond donors (Lipinski definition) is 0. The molecule has 0 bridgehead atoms. The van der Waals surface area contributed by atoms with Crippen molar-refractivity contribution in [3.63, 3.8) is 0 Å². The molecule has 0 saturated carbocycles. The number of unbranched alkanes of at least 4 members (excludes halogenated alkanes) is 8. The molecule has 194 valence electrons. The molecule has 0 aliphatic heterocycles. The van der Waals surface area contributed by atoms with Crippen LogP contribution in [0.3, 0.4) is 0 Å². The molecule has 35 heavy (non-hydrogen) atoms. The number of carbonyl (C=O) groups excluding carboxylic acids is 1. The first-order valence-electron chi connectivity index (χ1n) is 12.8. The van der Waals surface area contributed by atoms with Gasteiger partial charge in [-0.1, -0.05) is 107 Å². The smallest absolute Gasteiger partial charge is 0.305 e. The van der Waals surface area contributed by atoms with Crippen molar-refractivity contribution < 1.29 is 26.9 Å². The first kappa shape index (κ1) is 29.0. The molecule has 0 unspecified atom stereocenters. The molecule has 0 N–H and O–H groups in total. The van der Waals surface area contributed by atoms with Gasteiger partial charge in [-0.05, 0) is 24.1 Å². The maximum absolute atomic E-state index is 12.5. The number of benzene rings is 2. The van der Waals surface area contributed by atoms with E-state index < -0.39 is 16.2 Å². The third-order valence-corrected chi connectivity index (χ3v) is 6.98. The van der Waals surface area contributed by atoms with Crippen molar-refractivity contribution in [2.24, 2.45) is 0 Å². The van der Waals surface area contributed by atoms with Crippen LogP contribution in [0.15, 0.2) is 65.6 Å². The molecule has 7 heteroatoms. The van der Waals surface area contributed by atoms with E-state index in [1.807, 2.05) is 30.3 Å². The average molecular weight is 505 g/mol. The quantitative estimate of drug-likeness (QED) is 0.124. The first-order chi connectivity index (χ1) is 17.0. The summed E-state index contributed by atoms with van der Waals surface area (Å²) in [5.41, 5.74) is 0.935. The van der Waals surface area contributed by atoms with E-state index in [2.05, 4.69) is 6.92 Å². The van der Waals surface area contributed by atoms with E-state index in [0.29, 0.717) is 6.42 Å². The van der Waals surface area contributed by atoms with Gasteiger partial charge in [0.25, 0.3) is 10.1 Å². The van der Waals surface area contributed by atoms with Crippen molar-refractivity contribution in [1.29, 1.82) is 0 Å². The van der Waals surface area contributed by atoms with Crippen LogP contribution < -0.4 is 0 Å². The van der Waals surface area contributed by atoms with Crippen LogP contribution in [0.1, 0.15) is 76.7 Å². The molecular weight excluding hydrogens is 464 g/mol. The topological polar surface area (TPSA) is 78.9 Å². The van der Waals surface area contributed by atoms with E-state index in [4.69, 9.17) is 13.7 Å². The molecule has 0 aliphatic rings. The summed E-state index contributed by atoms with van der Waals surface area (Å²) < 4.78 is 41.4. The zero-order chi connectivity index (χ0) is 25.2. The molecule has 1 atom stereocenters. The van der Waals surface area contributed by atoms with E-state index in [1.165, 1.54) is 50.7 Å². The lowest BCUT2D eigenvalue weighted by Crippen LogP contribution is -2.28. The van der Waals surface area contributed by atoms with E-state index in [0.717, 1.165) is 24.8 Å². The minimum absolute atomic E-state index is 0.0621. The molecule has 0 heterocycles. The summed E-state index contributed by atoms with van der Waals surface area (Å²) in [7, 11) is -3.93. The van der Waals surface area contributed by atoms with Crippen molar-refractivity contribution in [1.82, 2.24) is 0 Å². The van der Waals surface area contributed by atoms with Crippen molar-refractivity contribution in [2.75, 3.05) is 13.2 Å². The summed E-state index contributed by atoms with van der Waals surface area (Å²) in [6.45, 7) is 2.18. The average Bonchev–Trinajstić information content (AvgIpc) is 2.88. The van der Waals surface area contributed by atoms with Gasteiger partial charge in [-0.3, -0.25) is 8.98 Å². The molecule has 0 aliphatic carbocycles. The molecule has 0 fully saturated rings. The molecule has 0 saturated heterocycles. The number of esters is 1. The summed E-state index contributed by atoms with van der Waals surface area (Å²) in [6.07, 6.45) is 10.2. The fraction of sp³-hybridized carbons (Fsp3) is 0.536. The number of rotatable bonds is 19. The Kier molecular flexibility index (Phi) is 14.3. The SMILES string of the molecule is CCCCCCCCCCCC(=O)OC[C@H](COS(=O)(=O)c1ccccc1)OCc1ccccc1. The minimum atomic E-state index is -3.93. The summed E-state index contributed by atoms with van der Waals surface area (Å²) in [4.78, 5) is 12.3. The van der Waals surface area contributed by atoms with E-state index in [1.54, 1.807) is 18.2 Å². The lowest BCUT2D eigenvalue weighted by Gasteiger charge is -2.18. The van der Waals surface area contributed by atoms with E-state index >= 15 is 0 Å². The zero-order valence-corrected chi connectivity index (χ0v) is 21.7. The van der Waals surface area contributed by atoms with Gasteiger partial charge in [0.05, 0.1) is 18.1 Å². The van der Waals surface area contributed by atoms with Crippen LogP contribution >= 0.6 is 0 Å². The van der Waals surface area contributed by atoms with Crippen LogP contribution in [-0.2, 0) is 35.2 Å². The Morgan fingerprint density at radius 1 is 0.771 bits per heavy atom. The molecule has 2 rings (SSSR count). The molecular formula is C28H40O6S. The molecule has 0 radical (unpaired) electrons. The summed E-state index contributed by atoms with van der Waals surface area (Å²) in [5, 5.41) is 0. The maximum atomic E-state index is 12.5. The fourth-order valence-corrected chi connectivity index (χ4v) is 4.55. The minimum Gasteiger partial charge on any atom is -0.463 e. The van der Waals surface area contributed by atoms with Gasteiger partial charge in [0.2, 0.25) is 0 Å². The predicted molar refractivity (Wildman–Crippen MR) is 137 cm³/mol. The second-order valence-corrected chi connectivity index (χ2v) is 10.3. The van der Waals surface area contributed by atoms with Gasteiger partial charge in [-0.15, -0.1) is 0 Å². The van der Waals surface area contributed by atoms with Crippen LogP contribution in [0.4, 0.5) is 0 Å². The van der Waals surface area contributed by atoms with Crippen molar-refractivity contribution >= 4 is 16.1 Å². The predicted octanol–water partition coefficient (Wildman–Crippen LogP) is 6.44. The molecule has 0 amide bonds. The van der Waals surface area contributed by atoms with E-state index in [9.17, 15) is 13.2 Å². The van der Waals surface area contributed by atoms with Crippen LogP contribution in [0, 0.1) is 0 Å². The lowest BCUT2D eigenvalue weighted by atomic mass is 10.1. The van der Waals surface area contributed by atoms with Gasteiger partial charge in [-0.2, -0.15) is 8.42 Å². The molecule has 0 aromatic heterocycles. The summed E-state index contributed by atoms with van der Waals surface area (Å²) in [6, 6.07) is 17.5. The Morgan fingerprint density at radius 3 is 1.97 bits per heavy atom. The van der Waals surface area contributed by atoms with Gasteiger partial charge in [0.15, 0.2) is 0 Å². The normalized spacial score (nSPS) is 12.4. The second-order valence-electron chi connectivity index (χ2n) is 8.73. The Balaban J connectivity index is 1.75. The van der Waals surface area contributed by atoms with Gasteiger partial charge in [-0.25, -0.2) is 0 Å². The van der Waals surface area contributed by atoms with Gasteiger partial charge < -0.3 is 9.47 Å². The van der Waals surface area contributed by atoms with Gasteiger partial charge in [0, 0.05) is 6.42 Å². The zero-order valence-electron chi connectivity index (χ0n) is 20.9. The third-order valence-electron chi connectivity index (χ3n) is 5.68. The van der Waals surface area contributed by atoms with Crippen LogP contribution in [0.2, 0.25) is 0 Å². The monoisotopic (exact) mass is 504 g/mol. The van der Waals surface area contributed by atoms with Crippen molar-refractivity contribution in [2.45, 2.75) is 88.7 Å². The number of hydrogen-bond acceptors (Lipinski definition) is 6. The summed E-state index contributed by atoms with van der Waals surface area (Å²) >= 11 is 0. The fourth-order valence-electron chi connectivity index (χ4n) is 3.59. The van der Waals surface area contributed by atoms with Crippen molar-refractivity contribution in [3.8, 4) is 0 Å². The third kappa shape index (κ3) is 12.9. The summed E-state index contributed by atoms with van der Waals surface area (Å²) in [5.74, 6) is -0.299. The highest BCUT2D eigenvalue weighted by molar-refractivity contribution is 7.86. The van der Waals surface area contributed by atoms with E-state index in [-0.39, 0.29) is 30.7 Å². The molecule has 0 spiro atoms. The largest absolute Gasteiger partial charge is 0.463 e. The highest BCUT2D eigenvalue weighted by Crippen LogP contribution is 2.14. The maximum Gasteiger partial charge on any atom is 0.305 e. The van der Waals surface area contributed by atoms with Crippen LogP contribution in [-0.4, -0.2) is 33.7 Å².